The molecule has 1 aliphatic carbocycles. The quantitative estimate of drug-likeness (QED) is 0.653. The standard InChI is InChI=1S/C23H27BrN2O3S/c24-20-9-7-19(8-10-20)23(13-1-2-14-23)22(27)25-17-18-5-11-21(12-6-18)30(28,29)26-15-3-4-16-26/h5-12H,1-4,13-17H2,(H,25,27). The molecule has 1 saturated carbocycles. The maximum absolute atomic E-state index is 13.2. The van der Waals surface area contributed by atoms with Crippen LogP contribution < -0.4 is 5.32 Å². The summed E-state index contributed by atoms with van der Waals surface area (Å²) in [5.74, 6) is 0.0519. The van der Waals surface area contributed by atoms with Gasteiger partial charge in [0.1, 0.15) is 0 Å². The van der Waals surface area contributed by atoms with Crippen molar-refractivity contribution in [2.45, 2.75) is 55.4 Å². The van der Waals surface area contributed by atoms with Crippen LogP contribution in [-0.4, -0.2) is 31.7 Å². The Balaban J connectivity index is 1.44. The van der Waals surface area contributed by atoms with Crippen LogP contribution in [0.1, 0.15) is 49.7 Å². The molecule has 1 aliphatic heterocycles. The third-order valence-corrected chi connectivity index (χ3v) is 8.81. The Labute approximate surface area is 187 Å². The molecule has 2 aromatic carbocycles. The van der Waals surface area contributed by atoms with Gasteiger partial charge in [0, 0.05) is 24.1 Å². The SMILES string of the molecule is O=C(NCc1ccc(S(=O)(=O)N2CCCC2)cc1)C1(c2ccc(Br)cc2)CCCC1. The molecule has 0 spiro atoms. The fourth-order valence-electron chi connectivity index (χ4n) is 4.60. The minimum absolute atomic E-state index is 0.0519. The highest BCUT2D eigenvalue weighted by Gasteiger charge is 2.42. The monoisotopic (exact) mass is 490 g/mol. The second kappa shape index (κ2) is 8.81. The van der Waals surface area contributed by atoms with Crippen LogP contribution in [0, 0.1) is 0 Å². The molecule has 1 heterocycles. The first-order valence-corrected chi connectivity index (χ1v) is 12.8. The summed E-state index contributed by atoms with van der Waals surface area (Å²) in [7, 11) is -3.41. The minimum Gasteiger partial charge on any atom is -0.351 e. The first-order valence-electron chi connectivity index (χ1n) is 10.6. The molecule has 30 heavy (non-hydrogen) atoms. The zero-order valence-electron chi connectivity index (χ0n) is 16.9. The summed E-state index contributed by atoms with van der Waals surface area (Å²) < 4.78 is 27.9. The predicted molar refractivity (Wildman–Crippen MR) is 121 cm³/mol. The molecule has 160 valence electrons. The molecule has 5 nitrogen and oxygen atoms in total. The second-order valence-electron chi connectivity index (χ2n) is 8.23. The lowest BCUT2D eigenvalue weighted by molar-refractivity contribution is -0.126. The van der Waals surface area contributed by atoms with Gasteiger partial charge in [-0.25, -0.2) is 8.42 Å². The lowest BCUT2D eigenvalue weighted by atomic mass is 9.78. The van der Waals surface area contributed by atoms with E-state index in [0.717, 1.165) is 54.1 Å². The Kier molecular flexibility index (Phi) is 6.32. The molecule has 1 N–H and O–H groups in total. The molecule has 0 radical (unpaired) electrons. The van der Waals surface area contributed by atoms with Gasteiger partial charge in [-0.15, -0.1) is 0 Å². The van der Waals surface area contributed by atoms with Gasteiger partial charge in [0.25, 0.3) is 0 Å². The number of nitrogens with one attached hydrogen (secondary N) is 1. The van der Waals surface area contributed by atoms with Crippen molar-refractivity contribution in [2.75, 3.05) is 13.1 Å². The zero-order chi connectivity index (χ0) is 21.2. The zero-order valence-corrected chi connectivity index (χ0v) is 19.3. The summed E-state index contributed by atoms with van der Waals surface area (Å²) in [6.45, 7) is 1.58. The topological polar surface area (TPSA) is 66.5 Å². The van der Waals surface area contributed by atoms with E-state index in [4.69, 9.17) is 0 Å². The molecule has 0 unspecified atom stereocenters. The van der Waals surface area contributed by atoms with Crippen LogP contribution in [0.4, 0.5) is 0 Å². The Hall–Kier alpha value is -1.70. The summed E-state index contributed by atoms with van der Waals surface area (Å²) in [6.07, 6.45) is 5.65. The first kappa shape index (κ1) is 21.5. The molecule has 1 saturated heterocycles. The number of rotatable bonds is 6. The lowest BCUT2D eigenvalue weighted by Gasteiger charge is -2.28. The van der Waals surface area contributed by atoms with Crippen molar-refractivity contribution in [3.63, 3.8) is 0 Å². The highest BCUT2D eigenvalue weighted by atomic mass is 79.9. The number of carbonyl (C=O) groups is 1. The summed E-state index contributed by atoms with van der Waals surface area (Å²) in [5.41, 5.74) is 1.49. The number of amides is 1. The van der Waals surface area contributed by atoms with Crippen LogP contribution in [0.15, 0.2) is 57.9 Å². The Morgan fingerprint density at radius 3 is 2.13 bits per heavy atom. The van der Waals surface area contributed by atoms with Crippen LogP contribution in [0.5, 0.6) is 0 Å². The van der Waals surface area contributed by atoms with Gasteiger partial charge >= 0.3 is 0 Å². The lowest BCUT2D eigenvalue weighted by Crippen LogP contribution is -2.42. The van der Waals surface area contributed by atoms with E-state index >= 15 is 0 Å². The van der Waals surface area contributed by atoms with Crippen molar-refractivity contribution in [1.82, 2.24) is 9.62 Å². The van der Waals surface area contributed by atoms with E-state index in [-0.39, 0.29) is 5.91 Å². The highest BCUT2D eigenvalue weighted by Crippen LogP contribution is 2.41. The van der Waals surface area contributed by atoms with Gasteiger partial charge in [0.2, 0.25) is 15.9 Å². The largest absolute Gasteiger partial charge is 0.351 e. The van der Waals surface area contributed by atoms with E-state index < -0.39 is 15.4 Å². The van der Waals surface area contributed by atoms with E-state index in [1.54, 1.807) is 28.6 Å². The van der Waals surface area contributed by atoms with Gasteiger partial charge in [-0.1, -0.05) is 53.0 Å². The number of nitrogens with zero attached hydrogens (tertiary/aromatic N) is 1. The van der Waals surface area contributed by atoms with E-state index in [0.29, 0.717) is 24.5 Å². The third-order valence-electron chi connectivity index (χ3n) is 6.37. The molecule has 2 aliphatic rings. The first-order chi connectivity index (χ1) is 14.4. The maximum Gasteiger partial charge on any atom is 0.243 e. The molecule has 4 rings (SSSR count). The van der Waals surface area contributed by atoms with E-state index in [2.05, 4.69) is 21.2 Å². The summed E-state index contributed by atoms with van der Waals surface area (Å²) >= 11 is 3.46. The summed E-state index contributed by atoms with van der Waals surface area (Å²) in [6, 6.07) is 14.9. The average molecular weight is 491 g/mol. The molecule has 0 aromatic heterocycles. The number of carbonyl (C=O) groups excluding carboxylic acids is 1. The van der Waals surface area contributed by atoms with Crippen molar-refractivity contribution in [3.05, 3.63) is 64.1 Å². The normalized spacial score (nSPS) is 19.1. The number of benzene rings is 2. The average Bonchev–Trinajstić information content (AvgIpc) is 3.46. The Bertz CT molecular complexity index is 992. The summed E-state index contributed by atoms with van der Waals surface area (Å²) in [4.78, 5) is 13.5. The fraction of sp³-hybridized carbons (Fsp3) is 0.435. The van der Waals surface area contributed by atoms with E-state index in [1.165, 1.54) is 0 Å². The molecule has 2 fully saturated rings. The number of halogens is 1. The Morgan fingerprint density at radius 1 is 0.933 bits per heavy atom. The van der Waals surface area contributed by atoms with E-state index in [9.17, 15) is 13.2 Å². The minimum atomic E-state index is -3.41. The number of hydrogen-bond donors (Lipinski definition) is 1. The molecule has 2 aromatic rings. The second-order valence-corrected chi connectivity index (χ2v) is 11.1. The van der Waals surface area contributed by atoms with Crippen molar-refractivity contribution in [3.8, 4) is 0 Å². The molecular weight excluding hydrogens is 464 g/mol. The van der Waals surface area contributed by atoms with Crippen LogP contribution in [-0.2, 0) is 26.8 Å². The van der Waals surface area contributed by atoms with Crippen molar-refractivity contribution < 1.29 is 13.2 Å². The molecular formula is C23H27BrN2O3S. The smallest absolute Gasteiger partial charge is 0.243 e. The number of sulfonamides is 1. The van der Waals surface area contributed by atoms with Crippen LogP contribution in [0.25, 0.3) is 0 Å². The van der Waals surface area contributed by atoms with Gasteiger partial charge in [0.15, 0.2) is 0 Å². The molecule has 0 atom stereocenters. The van der Waals surface area contributed by atoms with Gasteiger partial charge in [-0.3, -0.25) is 4.79 Å². The van der Waals surface area contributed by atoms with Crippen molar-refractivity contribution >= 4 is 31.9 Å². The van der Waals surface area contributed by atoms with Crippen LogP contribution in [0.3, 0.4) is 0 Å². The van der Waals surface area contributed by atoms with Gasteiger partial charge in [-0.05, 0) is 61.1 Å². The van der Waals surface area contributed by atoms with Gasteiger partial charge in [-0.2, -0.15) is 4.31 Å². The van der Waals surface area contributed by atoms with Crippen molar-refractivity contribution in [1.29, 1.82) is 0 Å². The van der Waals surface area contributed by atoms with Gasteiger partial charge < -0.3 is 5.32 Å². The summed E-state index contributed by atoms with van der Waals surface area (Å²) in [5, 5.41) is 3.10. The fourth-order valence-corrected chi connectivity index (χ4v) is 6.38. The highest BCUT2D eigenvalue weighted by molar-refractivity contribution is 9.10. The molecule has 0 bridgehead atoms. The van der Waals surface area contributed by atoms with E-state index in [1.807, 2.05) is 24.3 Å². The van der Waals surface area contributed by atoms with Crippen LogP contribution in [0.2, 0.25) is 0 Å². The third kappa shape index (κ3) is 4.20. The Morgan fingerprint density at radius 2 is 1.53 bits per heavy atom. The van der Waals surface area contributed by atoms with Crippen LogP contribution >= 0.6 is 15.9 Å². The molecule has 7 heteroatoms. The van der Waals surface area contributed by atoms with Gasteiger partial charge in [0.05, 0.1) is 10.3 Å². The van der Waals surface area contributed by atoms with Crippen molar-refractivity contribution in [2.24, 2.45) is 0 Å². The maximum atomic E-state index is 13.2. The molecule has 1 amide bonds. The number of hydrogen-bond acceptors (Lipinski definition) is 3. The predicted octanol–water partition coefficient (Wildman–Crippen LogP) is 4.36.